The van der Waals surface area contributed by atoms with Gasteiger partial charge in [-0.3, -0.25) is 4.79 Å². The van der Waals surface area contributed by atoms with E-state index in [1.807, 2.05) is 19.9 Å². The van der Waals surface area contributed by atoms with Crippen LogP contribution in [0.3, 0.4) is 0 Å². The number of rotatable bonds is 2. The number of fused-ring (bicyclic) bond motifs is 2. The molecule has 5 heteroatoms. The lowest BCUT2D eigenvalue weighted by Crippen LogP contribution is -2.07. The summed E-state index contributed by atoms with van der Waals surface area (Å²) in [7, 11) is 0. The van der Waals surface area contributed by atoms with Gasteiger partial charge in [-0.25, -0.2) is 4.79 Å². The minimum absolute atomic E-state index is 0.0706. The van der Waals surface area contributed by atoms with Gasteiger partial charge in [-0.05, 0) is 29.7 Å². The van der Waals surface area contributed by atoms with Crippen LogP contribution in [0.2, 0.25) is 0 Å². The zero-order valence-electron chi connectivity index (χ0n) is 12.2. The zero-order chi connectivity index (χ0) is 16.0. The molecule has 0 unspecified atom stereocenters. The number of anilines is 1. The van der Waals surface area contributed by atoms with Gasteiger partial charge >= 0.3 is 5.97 Å². The highest BCUT2D eigenvalue weighted by molar-refractivity contribution is 6.00. The van der Waals surface area contributed by atoms with Gasteiger partial charge in [-0.1, -0.05) is 19.9 Å². The van der Waals surface area contributed by atoms with Gasteiger partial charge in [0.25, 0.3) is 0 Å². The van der Waals surface area contributed by atoms with E-state index in [1.165, 1.54) is 12.1 Å². The van der Waals surface area contributed by atoms with Crippen LogP contribution in [-0.2, 0) is 0 Å². The molecule has 2 aromatic carbocycles. The van der Waals surface area contributed by atoms with Gasteiger partial charge in [0.15, 0.2) is 0 Å². The van der Waals surface area contributed by atoms with Crippen molar-refractivity contribution < 1.29 is 14.3 Å². The second-order valence-corrected chi connectivity index (χ2v) is 5.58. The molecule has 22 heavy (non-hydrogen) atoms. The number of hydrogen-bond donors (Lipinski definition) is 2. The Balaban J connectivity index is 2.43. The third-order valence-corrected chi connectivity index (χ3v) is 3.76. The normalized spacial score (nSPS) is 11.4. The van der Waals surface area contributed by atoms with E-state index in [9.17, 15) is 9.59 Å². The van der Waals surface area contributed by atoms with E-state index in [0.29, 0.717) is 11.0 Å². The first-order valence-corrected chi connectivity index (χ1v) is 6.91. The monoisotopic (exact) mass is 297 g/mol. The summed E-state index contributed by atoms with van der Waals surface area (Å²) in [5.41, 5.74) is 7.20. The summed E-state index contributed by atoms with van der Waals surface area (Å²) in [6, 6.07) is 8.13. The quantitative estimate of drug-likeness (QED) is 0.559. The first-order chi connectivity index (χ1) is 10.4. The van der Waals surface area contributed by atoms with E-state index in [4.69, 9.17) is 15.3 Å². The van der Waals surface area contributed by atoms with Crippen LogP contribution in [-0.4, -0.2) is 11.1 Å². The molecular weight excluding hydrogens is 282 g/mol. The number of aromatic carboxylic acids is 1. The molecule has 0 radical (unpaired) electrons. The fourth-order valence-corrected chi connectivity index (χ4v) is 2.48. The fourth-order valence-electron chi connectivity index (χ4n) is 2.48. The van der Waals surface area contributed by atoms with Gasteiger partial charge < -0.3 is 15.3 Å². The van der Waals surface area contributed by atoms with Gasteiger partial charge in [0.2, 0.25) is 5.43 Å². The van der Waals surface area contributed by atoms with Gasteiger partial charge in [-0.2, -0.15) is 0 Å². The molecule has 0 bridgehead atoms. The number of nitrogen functional groups attached to an aromatic ring is 1. The highest BCUT2D eigenvalue weighted by atomic mass is 16.4. The molecule has 3 rings (SSSR count). The first kappa shape index (κ1) is 14.1. The van der Waals surface area contributed by atoms with Crippen molar-refractivity contribution in [3.8, 4) is 0 Å². The van der Waals surface area contributed by atoms with Crippen molar-refractivity contribution in [1.82, 2.24) is 0 Å². The van der Waals surface area contributed by atoms with Crippen LogP contribution in [0.25, 0.3) is 21.9 Å². The highest BCUT2D eigenvalue weighted by Gasteiger charge is 2.15. The SMILES string of the molecule is CC(C)c1ccc2oc3cc(N)c(C(=O)O)cc3c(=O)c2c1. The summed E-state index contributed by atoms with van der Waals surface area (Å²) in [5.74, 6) is -0.893. The van der Waals surface area contributed by atoms with E-state index in [-0.39, 0.29) is 33.6 Å². The summed E-state index contributed by atoms with van der Waals surface area (Å²) in [6.45, 7) is 4.07. The molecule has 0 spiro atoms. The molecule has 1 heterocycles. The lowest BCUT2D eigenvalue weighted by atomic mass is 10.0. The summed E-state index contributed by atoms with van der Waals surface area (Å²) >= 11 is 0. The van der Waals surface area contributed by atoms with E-state index in [2.05, 4.69) is 0 Å². The Morgan fingerprint density at radius 3 is 2.45 bits per heavy atom. The van der Waals surface area contributed by atoms with Crippen LogP contribution in [0.4, 0.5) is 5.69 Å². The number of carboxylic acid groups (broad SMARTS) is 1. The van der Waals surface area contributed by atoms with Gasteiger partial charge in [0.1, 0.15) is 11.2 Å². The van der Waals surface area contributed by atoms with E-state index < -0.39 is 5.97 Å². The molecular formula is C17H15NO4. The molecule has 3 aromatic rings. The Labute approximate surface area is 126 Å². The predicted octanol–water partition coefficient (Wildman–Crippen LogP) is 3.35. The smallest absolute Gasteiger partial charge is 0.337 e. The zero-order valence-corrected chi connectivity index (χ0v) is 12.2. The molecule has 0 fully saturated rings. The molecule has 0 aliphatic heterocycles. The second kappa shape index (κ2) is 4.87. The Morgan fingerprint density at radius 2 is 1.82 bits per heavy atom. The van der Waals surface area contributed by atoms with E-state index in [1.54, 1.807) is 12.1 Å². The number of hydrogen-bond acceptors (Lipinski definition) is 4. The molecule has 1 aromatic heterocycles. The van der Waals surface area contributed by atoms with Crippen LogP contribution in [0.15, 0.2) is 39.5 Å². The Hall–Kier alpha value is -2.82. The summed E-state index contributed by atoms with van der Waals surface area (Å²) in [4.78, 5) is 23.8. The Bertz CT molecular complexity index is 970. The fraction of sp³-hybridized carbons (Fsp3) is 0.176. The Morgan fingerprint density at radius 1 is 1.14 bits per heavy atom. The minimum atomic E-state index is -1.17. The molecule has 0 saturated heterocycles. The first-order valence-electron chi connectivity index (χ1n) is 6.91. The van der Waals surface area contributed by atoms with Crippen LogP contribution in [0, 0.1) is 0 Å². The molecule has 0 atom stereocenters. The van der Waals surface area contributed by atoms with Crippen molar-refractivity contribution in [2.24, 2.45) is 0 Å². The van der Waals surface area contributed by atoms with Crippen molar-refractivity contribution >= 4 is 33.6 Å². The Kier molecular flexibility index (Phi) is 3.13. The van der Waals surface area contributed by atoms with Crippen molar-refractivity contribution in [1.29, 1.82) is 0 Å². The molecule has 0 aliphatic rings. The lowest BCUT2D eigenvalue weighted by Gasteiger charge is -2.08. The van der Waals surface area contributed by atoms with Crippen molar-refractivity contribution in [2.45, 2.75) is 19.8 Å². The summed E-state index contributed by atoms with van der Waals surface area (Å²) in [6.07, 6.45) is 0. The van der Waals surface area contributed by atoms with Gasteiger partial charge in [0, 0.05) is 11.8 Å². The molecule has 0 aliphatic carbocycles. The van der Waals surface area contributed by atoms with Crippen molar-refractivity contribution in [3.05, 3.63) is 51.7 Å². The molecule has 5 nitrogen and oxygen atoms in total. The van der Waals surface area contributed by atoms with Crippen molar-refractivity contribution in [2.75, 3.05) is 5.73 Å². The van der Waals surface area contributed by atoms with Crippen LogP contribution >= 0.6 is 0 Å². The highest BCUT2D eigenvalue weighted by Crippen LogP contribution is 2.25. The third kappa shape index (κ3) is 2.11. The maximum absolute atomic E-state index is 12.7. The molecule has 112 valence electrons. The topological polar surface area (TPSA) is 93.5 Å². The lowest BCUT2D eigenvalue weighted by molar-refractivity contribution is 0.0698. The number of nitrogens with two attached hydrogens (primary N) is 1. The molecule has 0 saturated carbocycles. The average Bonchev–Trinajstić information content (AvgIpc) is 2.46. The predicted molar refractivity (Wildman–Crippen MR) is 85.5 cm³/mol. The van der Waals surface area contributed by atoms with Crippen LogP contribution in [0.1, 0.15) is 35.7 Å². The van der Waals surface area contributed by atoms with E-state index in [0.717, 1.165) is 5.56 Å². The largest absolute Gasteiger partial charge is 0.478 e. The molecule has 3 N–H and O–H groups in total. The number of carbonyl (C=O) groups is 1. The second-order valence-electron chi connectivity index (χ2n) is 5.58. The van der Waals surface area contributed by atoms with E-state index >= 15 is 0 Å². The van der Waals surface area contributed by atoms with Crippen molar-refractivity contribution in [3.63, 3.8) is 0 Å². The maximum atomic E-state index is 12.7. The number of carboxylic acids is 1. The minimum Gasteiger partial charge on any atom is -0.478 e. The standard InChI is InChI=1S/C17H15NO4/c1-8(2)9-3-4-14-11(5-9)16(19)12-6-10(17(20)21)13(18)7-15(12)22-14/h3-8H,18H2,1-2H3,(H,20,21). The average molecular weight is 297 g/mol. The molecule has 0 amide bonds. The maximum Gasteiger partial charge on any atom is 0.337 e. The number of benzene rings is 2. The van der Waals surface area contributed by atoms with Gasteiger partial charge in [-0.15, -0.1) is 0 Å². The summed E-state index contributed by atoms with van der Waals surface area (Å²) < 4.78 is 5.70. The third-order valence-electron chi connectivity index (χ3n) is 3.76. The van der Waals surface area contributed by atoms with Crippen LogP contribution < -0.4 is 11.2 Å². The van der Waals surface area contributed by atoms with Crippen LogP contribution in [0.5, 0.6) is 0 Å². The summed E-state index contributed by atoms with van der Waals surface area (Å²) in [5, 5.41) is 9.80. The van der Waals surface area contributed by atoms with Gasteiger partial charge in [0.05, 0.1) is 16.3 Å².